The molecule has 0 aliphatic carbocycles. The molecule has 2 N–H and O–H groups in total. The van der Waals surface area contributed by atoms with Gasteiger partial charge in [-0.15, -0.1) is 11.8 Å². The molecule has 3 rings (SSSR count). The minimum Gasteiger partial charge on any atom is -0.454 e. The third-order valence-corrected chi connectivity index (χ3v) is 3.81. The Morgan fingerprint density at radius 1 is 1.26 bits per heavy atom. The summed E-state index contributed by atoms with van der Waals surface area (Å²) in [5.74, 6) is 2.27. The number of thioether (sulfide) groups is 1. The van der Waals surface area contributed by atoms with Gasteiger partial charge >= 0.3 is 0 Å². The highest BCUT2D eigenvalue weighted by atomic mass is 32.2. The summed E-state index contributed by atoms with van der Waals surface area (Å²) in [6, 6.07) is 5.71. The van der Waals surface area contributed by atoms with Gasteiger partial charge in [0.2, 0.25) is 6.79 Å². The highest BCUT2D eigenvalue weighted by molar-refractivity contribution is 7.99. The third kappa shape index (κ3) is 2.80. The van der Waals surface area contributed by atoms with Gasteiger partial charge in [0.1, 0.15) is 5.03 Å². The maximum Gasteiger partial charge on any atom is 0.231 e. The molecular weight excluding hydrogens is 262 g/mol. The quantitative estimate of drug-likeness (QED) is 0.861. The summed E-state index contributed by atoms with van der Waals surface area (Å²) < 4.78 is 10.6. The normalized spacial score (nSPS) is 14.4. The lowest BCUT2D eigenvalue weighted by Crippen LogP contribution is -2.13. The summed E-state index contributed by atoms with van der Waals surface area (Å²) >= 11 is 1.59. The van der Waals surface area contributed by atoms with Gasteiger partial charge < -0.3 is 15.2 Å². The van der Waals surface area contributed by atoms with Crippen LogP contribution in [0.1, 0.15) is 11.6 Å². The molecule has 1 aliphatic heterocycles. The Morgan fingerprint density at radius 3 is 3.00 bits per heavy atom. The van der Waals surface area contributed by atoms with Gasteiger partial charge in [0.15, 0.2) is 11.5 Å². The molecule has 2 heterocycles. The Kier molecular flexibility index (Phi) is 3.52. The molecule has 1 unspecified atom stereocenters. The number of hydrogen-bond donors (Lipinski definition) is 1. The van der Waals surface area contributed by atoms with E-state index in [9.17, 15) is 0 Å². The van der Waals surface area contributed by atoms with Gasteiger partial charge in [-0.3, -0.25) is 4.98 Å². The van der Waals surface area contributed by atoms with Crippen LogP contribution in [0.2, 0.25) is 0 Å². The monoisotopic (exact) mass is 275 g/mol. The second-order valence-electron chi connectivity index (χ2n) is 4.07. The number of fused-ring (bicyclic) bond motifs is 1. The van der Waals surface area contributed by atoms with E-state index < -0.39 is 0 Å². The fourth-order valence-corrected chi connectivity index (χ4v) is 2.59. The Bertz CT molecular complexity index is 565. The SMILES string of the molecule is NC(CSc1cnccn1)c1ccc2c(c1)OCO2. The summed E-state index contributed by atoms with van der Waals surface area (Å²) in [5.41, 5.74) is 7.20. The molecule has 0 amide bonds. The van der Waals surface area contributed by atoms with Gasteiger partial charge in [0.05, 0.1) is 6.20 Å². The first-order valence-electron chi connectivity index (χ1n) is 5.87. The van der Waals surface area contributed by atoms with Gasteiger partial charge in [-0.05, 0) is 17.7 Å². The molecule has 0 spiro atoms. The molecule has 1 aliphatic rings. The number of benzene rings is 1. The molecular formula is C13H13N3O2S. The number of nitrogens with zero attached hydrogens (tertiary/aromatic N) is 2. The maximum absolute atomic E-state index is 6.17. The van der Waals surface area contributed by atoms with Crippen LogP contribution >= 0.6 is 11.8 Å². The fraction of sp³-hybridized carbons (Fsp3) is 0.231. The van der Waals surface area contributed by atoms with Crippen LogP contribution in [0, 0.1) is 0 Å². The molecule has 0 fully saturated rings. The van der Waals surface area contributed by atoms with Crippen molar-refractivity contribution in [1.82, 2.24) is 9.97 Å². The predicted octanol–water partition coefficient (Wildman–Crippen LogP) is 2.00. The zero-order chi connectivity index (χ0) is 13.1. The molecule has 0 saturated carbocycles. The van der Waals surface area contributed by atoms with Crippen molar-refractivity contribution in [2.45, 2.75) is 11.1 Å². The minimum atomic E-state index is -0.0819. The van der Waals surface area contributed by atoms with E-state index in [1.54, 1.807) is 30.4 Å². The Morgan fingerprint density at radius 2 is 2.16 bits per heavy atom. The lowest BCUT2D eigenvalue weighted by molar-refractivity contribution is 0.174. The summed E-state index contributed by atoms with van der Waals surface area (Å²) in [7, 11) is 0. The van der Waals surface area contributed by atoms with Crippen molar-refractivity contribution in [3.8, 4) is 11.5 Å². The van der Waals surface area contributed by atoms with Crippen molar-refractivity contribution in [2.75, 3.05) is 12.5 Å². The van der Waals surface area contributed by atoms with Gasteiger partial charge in [-0.2, -0.15) is 0 Å². The van der Waals surface area contributed by atoms with Crippen LogP contribution in [0.3, 0.4) is 0 Å². The van der Waals surface area contributed by atoms with E-state index in [0.717, 1.165) is 27.8 Å². The summed E-state index contributed by atoms with van der Waals surface area (Å²) in [5, 5.41) is 0.874. The van der Waals surface area contributed by atoms with Crippen LogP contribution in [0.25, 0.3) is 0 Å². The number of hydrogen-bond acceptors (Lipinski definition) is 6. The summed E-state index contributed by atoms with van der Waals surface area (Å²) in [4.78, 5) is 8.22. The molecule has 1 aromatic heterocycles. The molecule has 0 radical (unpaired) electrons. The first-order chi connectivity index (χ1) is 9.33. The summed E-state index contributed by atoms with van der Waals surface area (Å²) in [6.45, 7) is 0.280. The molecule has 6 heteroatoms. The minimum absolute atomic E-state index is 0.0819. The van der Waals surface area contributed by atoms with Crippen molar-refractivity contribution in [3.63, 3.8) is 0 Å². The highest BCUT2D eigenvalue weighted by Crippen LogP contribution is 2.34. The van der Waals surface area contributed by atoms with E-state index >= 15 is 0 Å². The molecule has 2 aromatic rings. The van der Waals surface area contributed by atoms with Crippen molar-refractivity contribution in [1.29, 1.82) is 0 Å². The smallest absolute Gasteiger partial charge is 0.231 e. The van der Waals surface area contributed by atoms with Crippen molar-refractivity contribution in [2.24, 2.45) is 5.73 Å². The Hall–Kier alpha value is -1.79. The maximum atomic E-state index is 6.17. The first kappa shape index (κ1) is 12.3. The van der Waals surface area contributed by atoms with Crippen molar-refractivity contribution < 1.29 is 9.47 Å². The van der Waals surface area contributed by atoms with Crippen LogP contribution < -0.4 is 15.2 Å². The second kappa shape index (κ2) is 5.46. The van der Waals surface area contributed by atoms with E-state index in [1.807, 2.05) is 18.2 Å². The Labute approximate surface area is 115 Å². The average Bonchev–Trinajstić information content (AvgIpc) is 2.93. The van der Waals surface area contributed by atoms with Gasteiger partial charge in [0, 0.05) is 24.2 Å². The second-order valence-corrected chi connectivity index (χ2v) is 5.11. The lowest BCUT2D eigenvalue weighted by Gasteiger charge is -2.11. The molecule has 19 heavy (non-hydrogen) atoms. The van der Waals surface area contributed by atoms with Crippen molar-refractivity contribution in [3.05, 3.63) is 42.4 Å². The molecule has 1 aromatic carbocycles. The van der Waals surface area contributed by atoms with E-state index in [4.69, 9.17) is 15.2 Å². The highest BCUT2D eigenvalue weighted by Gasteiger charge is 2.16. The van der Waals surface area contributed by atoms with E-state index in [2.05, 4.69) is 9.97 Å². The zero-order valence-electron chi connectivity index (χ0n) is 10.2. The first-order valence-corrected chi connectivity index (χ1v) is 6.85. The molecule has 5 nitrogen and oxygen atoms in total. The van der Waals surface area contributed by atoms with E-state index in [0.29, 0.717) is 0 Å². The van der Waals surface area contributed by atoms with Gasteiger partial charge in [-0.25, -0.2) is 4.98 Å². The van der Waals surface area contributed by atoms with Crippen molar-refractivity contribution >= 4 is 11.8 Å². The number of aromatic nitrogens is 2. The van der Waals surface area contributed by atoms with E-state index in [-0.39, 0.29) is 12.8 Å². The van der Waals surface area contributed by atoms with Crippen LogP contribution in [0.5, 0.6) is 11.5 Å². The third-order valence-electron chi connectivity index (χ3n) is 2.78. The summed E-state index contributed by atoms with van der Waals surface area (Å²) in [6.07, 6.45) is 5.06. The average molecular weight is 275 g/mol. The molecule has 98 valence electrons. The standard InChI is InChI=1S/C13H13N3O2S/c14-10(7-19-13-6-15-3-4-16-13)9-1-2-11-12(5-9)18-8-17-11/h1-6,10H,7-8,14H2. The van der Waals surface area contributed by atoms with Crippen LogP contribution in [-0.2, 0) is 0 Å². The number of ether oxygens (including phenoxy) is 2. The van der Waals surface area contributed by atoms with Crippen LogP contribution in [0.4, 0.5) is 0 Å². The predicted molar refractivity (Wildman–Crippen MR) is 72.2 cm³/mol. The van der Waals surface area contributed by atoms with Crippen LogP contribution in [0.15, 0.2) is 41.8 Å². The number of rotatable bonds is 4. The largest absolute Gasteiger partial charge is 0.454 e. The zero-order valence-corrected chi connectivity index (χ0v) is 11.0. The molecule has 0 bridgehead atoms. The Balaban J connectivity index is 1.65. The van der Waals surface area contributed by atoms with Gasteiger partial charge in [0.25, 0.3) is 0 Å². The van der Waals surface area contributed by atoms with Crippen LogP contribution in [-0.4, -0.2) is 22.5 Å². The van der Waals surface area contributed by atoms with E-state index in [1.165, 1.54) is 0 Å². The molecule has 0 saturated heterocycles. The van der Waals surface area contributed by atoms with Gasteiger partial charge in [-0.1, -0.05) is 6.07 Å². The fourth-order valence-electron chi connectivity index (χ4n) is 1.78. The lowest BCUT2D eigenvalue weighted by atomic mass is 10.1. The molecule has 1 atom stereocenters. The topological polar surface area (TPSA) is 70.3 Å². The number of nitrogens with two attached hydrogens (primary N) is 1.